The van der Waals surface area contributed by atoms with E-state index in [1.165, 1.54) is 31.2 Å². The summed E-state index contributed by atoms with van der Waals surface area (Å²) < 4.78 is 0. The van der Waals surface area contributed by atoms with Crippen LogP contribution in [-0.2, 0) is 0 Å². The van der Waals surface area contributed by atoms with Crippen molar-refractivity contribution in [1.82, 2.24) is 9.97 Å². The molecule has 0 spiro atoms. The second kappa shape index (κ2) is 9.23. The molecule has 1 aliphatic rings. The highest BCUT2D eigenvalue weighted by molar-refractivity contribution is 5.41. The lowest BCUT2D eigenvalue weighted by atomic mass is 9.82. The Kier molecular flexibility index (Phi) is 7.00. The predicted octanol–water partition coefficient (Wildman–Crippen LogP) is 5.50. The molecule has 1 saturated carbocycles. The van der Waals surface area contributed by atoms with E-state index in [2.05, 4.69) is 47.8 Å². The summed E-state index contributed by atoms with van der Waals surface area (Å²) in [6.07, 6.45) is 8.75. The minimum absolute atomic E-state index is 0.537. The Morgan fingerprint density at radius 2 is 1.38 bits per heavy atom. The summed E-state index contributed by atoms with van der Waals surface area (Å²) in [5.74, 6) is 8.69. The van der Waals surface area contributed by atoms with Crippen molar-refractivity contribution in [2.45, 2.75) is 59.3 Å². The summed E-state index contributed by atoms with van der Waals surface area (Å²) in [7, 11) is 0. The third-order valence-electron chi connectivity index (χ3n) is 4.46. The molecule has 1 aromatic heterocycles. The molecule has 0 bridgehead atoms. The van der Waals surface area contributed by atoms with Crippen LogP contribution in [0.5, 0.6) is 0 Å². The van der Waals surface area contributed by atoms with Gasteiger partial charge in [0.1, 0.15) is 5.82 Å². The van der Waals surface area contributed by atoms with Gasteiger partial charge in [-0.3, -0.25) is 0 Å². The first-order chi connectivity index (χ1) is 11.7. The van der Waals surface area contributed by atoms with E-state index in [0.717, 1.165) is 22.9 Å². The monoisotopic (exact) mass is 320 g/mol. The maximum Gasteiger partial charge on any atom is 0.131 e. The number of aromatic nitrogens is 2. The Hall–Kier alpha value is -2.14. The van der Waals surface area contributed by atoms with Crippen molar-refractivity contribution < 1.29 is 0 Å². The molecule has 126 valence electrons. The van der Waals surface area contributed by atoms with Gasteiger partial charge in [0.2, 0.25) is 0 Å². The second-order valence-corrected chi connectivity index (χ2v) is 6.40. The van der Waals surface area contributed by atoms with Gasteiger partial charge in [0, 0.05) is 23.9 Å². The first kappa shape index (κ1) is 18.2. The van der Waals surface area contributed by atoms with Crippen LogP contribution in [0.15, 0.2) is 36.7 Å². The third kappa shape index (κ3) is 5.20. The summed E-state index contributed by atoms with van der Waals surface area (Å²) in [4.78, 5) is 9.08. The molecule has 2 heteroatoms. The maximum absolute atomic E-state index is 4.54. The molecule has 2 aromatic rings. The Labute approximate surface area is 146 Å². The van der Waals surface area contributed by atoms with Crippen LogP contribution < -0.4 is 0 Å². The topological polar surface area (TPSA) is 25.8 Å². The molecule has 1 aliphatic carbocycles. The molecular weight excluding hydrogens is 292 g/mol. The van der Waals surface area contributed by atoms with Gasteiger partial charge in [0.15, 0.2) is 0 Å². The zero-order chi connectivity index (χ0) is 17.4. The number of nitrogens with zero attached hydrogens (tertiary/aromatic N) is 2. The highest BCUT2D eigenvalue weighted by atomic mass is 14.9. The van der Waals surface area contributed by atoms with Crippen LogP contribution in [-0.4, -0.2) is 9.97 Å². The van der Waals surface area contributed by atoms with Gasteiger partial charge in [-0.15, -0.1) is 0 Å². The highest BCUT2D eigenvalue weighted by Gasteiger charge is 2.21. The van der Waals surface area contributed by atoms with Crippen molar-refractivity contribution in [1.29, 1.82) is 0 Å². The van der Waals surface area contributed by atoms with E-state index in [1.807, 2.05) is 38.4 Å². The fourth-order valence-electron chi connectivity index (χ4n) is 2.91. The summed E-state index contributed by atoms with van der Waals surface area (Å²) >= 11 is 0. The van der Waals surface area contributed by atoms with Gasteiger partial charge in [-0.2, -0.15) is 0 Å². The van der Waals surface area contributed by atoms with Gasteiger partial charge < -0.3 is 0 Å². The van der Waals surface area contributed by atoms with Gasteiger partial charge in [-0.1, -0.05) is 63.1 Å². The first-order valence-corrected chi connectivity index (χ1v) is 9.11. The smallest absolute Gasteiger partial charge is 0.131 e. The molecular formula is C22H28N2. The molecule has 0 amide bonds. The van der Waals surface area contributed by atoms with Crippen LogP contribution in [0.2, 0.25) is 0 Å². The van der Waals surface area contributed by atoms with Crippen LogP contribution in [0.4, 0.5) is 0 Å². The average molecular weight is 320 g/mol. The van der Waals surface area contributed by atoms with E-state index in [4.69, 9.17) is 0 Å². The van der Waals surface area contributed by atoms with Gasteiger partial charge >= 0.3 is 0 Å². The minimum atomic E-state index is 0.537. The van der Waals surface area contributed by atoms with Gasteiger partial charge in [-0.25, -0.2) is 9.97 Å². The zero-order valence-corrected chi connectivity index (χ0v) is 15.3. The normalized spacial score (nSPS) is 19.5. The van der Waals surface area contributed by atoms with Crippen molar-refractivity contribution in [2.24, 2.45) is 5.92 Å². The largest absolute Gasteiger partial charge is 0.240 e. The lowest BCUT2D eigenvalue weighted by Gasteiger charge is -2.24. The van der Waals surface area contributed by atoms with E-state index in [0.29, 0.717) is 5.92 Å². The standard InChI is InChI=1S/C20H22N2.C2H6/c1-15-3-7-17(8-4-15)9-10-18-13-21-20(22-14-18)19-11-5-16(2)6-12-19;1-2/h3-4,7-8,13-14,16,19H,5-6,11-12H2,1-2H3;1-2H3. The highest BCUT2D eigenvalue weighted by Crippen LogP contribution is 2.33. The van der Waals surface area contributed by atoms with Crippen LogP contribution in [0.1, 0.15) is 74.9 Å². The molecule has 1 heterocycles. The second-order valence-electron chi connectivity index (χ2n) is 6.40. The Morgan fingerprint density at radius 1 is 0.833 bits per heavy atom. The van der Waals surface area contributed by atoms with Crippen LogP contribution in [0, 0.1) is 24.7 Å². The molecule has 0 saturated heterocycles. The molecule has 0 radical (unpaired) electrons. The molecule has 3 rings (SSSR count). The SMILES string of the molecule is CC.Cc1ccc(C#Cc2cnc(C3CCC(C)CC3)nc2)cc1. The average Bonchev–Trinajstić information content (AvgIpc) is 2.64. The molecule has 24 heavy (non-hydrogen) atoms. The van der Waals surface area contributed by atoms with E-state index in [9.17, 15) is 0 Å². The fourth-order valence-corrected chi connectivity index (χ4v) is 2.91. The molecule has 0 aliphatic heterocycles. The molecule has 0 unspecified atom stereocenters. The van der Waals surface area contributed by atoms with Crippen LogP contribution in [0.25, 0.3) is 0 Å². The first-order valence-electron chi connectivity index (χ1n) is 9.11. The number of aryl methyl sites for hydroxylation is 1. The number of hydrogen-bond acceptors (Lipinski definition) is 2. The minimum Gasteiger partial charge on any atom is -0.240 e. The Morgan fingerprint density at radius 3 is 1.96 bits per heavy atom. The molecule has 0 atom stereocenters. The molecule has 0 N–H and O–H groups in total. The molecule has 1 aromatic carbocycles. The van der Waals surface area contributed by atoms with Crippen molar-refractivity contribution in [3.8, 4) is 11.8 Å². The molecule has 2 nitrogen and oxygen atoms in total. The van der Waals surface area contributed by atoms with E-state index >= 15 is 0 Å². The number of benzene rings is 1. The van der Waals surface area contributed by atoms with Crippen LogP contribution in [0.3, 0.4) is 0 Å². The van der Waals surface area contributed by atoms with Gasteiger partial charge in [0.05, 0.1) is 5.56 Å². The van der Waals surface area contributed by atoms with E-state index < -0.39 is 0 Å². The van der Waals surface area contributed by atoms with E-state index in [1.54, 1.807) is 0 Å². The quantitative estimate of drug-likeness (QED) is 0.648. The predicted molar refractivity (Wildman–Crippen MR) is 101 cm³/mol. The van der Waals surface area contributed by atoms with Crippen molar-refractivity contribution in [3.63, 3.8) is 0 Å². The summed E-state index contributed by atoms with van der Waals surface area (Å²) in [5, 5.41) is 0. The molecule has 1 fully saturated rings. The van der Waals surface area contributed by atoms with Crippen LogP contribution >= 0.6 is 0 Å². The lowest BCUT2D eigenvalue weighted by Crippen LogP contribution is -2.13. The maximum atomic E-state index is 4.54. The van der Waals surface area contributed by atoms with Crippen molar-refractivity contribution in [2.75, 3.05) is 0 Å². The number of rotatable bonds is 1. The van der Waals surface area contributed by atoms with Gasteiger partial charge in [0.25, 0.3) is 0 Å². The fraction of sp³-hybridized carbons (Fsp3) is 0.455. The summed E-state index contributed by atoms with van der Waals surface area (Å²) in [6.45, 7) is 8.41. The Balaban J connectivity index is 0.00000100. The van der Waals surface area contributed by atoms with Crippen molar-refractivity contribution in [3.05, 3.63) is 59.2 Å². The number of hydrogen-bond donors (Lipinski definition) is 0. The lowest BCUT2D eigenvalue weighted by molar-refractivity contribution is 0.339. The third-order valence-corrected chi connectivity index (χ3v) is 4.46. The Bertz CT molecular complexity index is 667. The van der Waals surface area contributed by atoms with Gasteiger partial charge in [-0.05, 0) is 37.8 Å². The summed E-state index contributed by atoms with van der Waals surface area (Å²) in [6, 6.07) is 8.24. The zero-order valence-electron chi connectivity index (χ0n) is 15.3. The summed E-state index contributed by atoms with van der Waals surface area (Å²) in [5.41, 5.74) is 3.16. The van der Waals surface area contributed by atoms with Crippen molar-refractivity contribution >= 4 is 0 Å². The van der Waals surface area contributed by atoms with E-state index in [-0.39, 0.29) is 0 Å².